The Morgan fingerprint density at radius 2 is 2.10 bits per heavy atom. The van der Waals surface area contributed by atoms with E-state index in [2.05, 4.69) is 4.98 Å². The fourth-order valence-electron chi connectivity index (χ4n) is 1.77. The van der Waals surface area contributed by atoms with E-state index in [9.17, 15) is 14.9 Å². The Morgan fingerprint density at radius 1 is 1.35 bits per heavy atom. The van der Waals surface area contributed by atoms with Crippen LogP contribution in [0.2, 0.25) is 0 Å². The van der Waals surface area contributed by atoms with Crippen LogP contribution in [0.5, 0.6) is 0 Å². The first kappa shape index (κ1) is 13.5. The maximum atomic E-state index is 11.2. The minimum atomic E-state index is -1.11. The van der Waals surface area contributed by atoms with Gasteiger partial charge in [0.2, 0.25) is 0 Å². The lowest BCUT2D eigenvalue weighted by Crippen LogP contribution is -2.15. The van der Waals surface area contributed by atoms with Crippen LogP contribution in [0, 0.1) is 10.1 Å². The molecule has 0 bridgehead atoms. The third-order valence-corrected chi connectivity index (χ3v) is 2.76. The molecule has 0 spiro atoms. The number of carboxylic acids is 1. The van der Waals surface area contributed by atoms with Crippen LogP contribution in [0.15, 0.2) is 42.6 Å². The van der Waals surface area contributed by atoms with Gasteiger partial charge in [-0.3, -0.25) is 10.1 Å². The molecule has 0 saturated heterocycles. The van der Waals surface area contributed by atoms with E-state index >= 15 is 0 Å². The molecule has 0 aliphatic rings. The Hall–Kier alpha value is -2.96. The Labute approximate surface area is 114 Å². The van der Waals surface area contributed by atoms with Gasteiger partial charge in [0.15, 0.2) is 0 Å². The second-order valence-electron chi connectivity index (χ2n) is 4.02. The van der Waals surface area contributed by atoms with Crippen LogP contribution < -0.4 is 4.90 Å². The monoisotopic (exact) mass is 273 g/mol. The Kier molecular flexibility index (Phi) is 3.60. The number of carbonyl (C=O) groups is 1. The number of nitro groups is 1. The maximum Gasteiger partial charge on any atom is 0.339 e. The topological polar surface area (TPSA) is 96.6 Å². The van der Waals surface area contributed by atoms with Gasteiger partial charge in [-0.2, -0.15) is 0 Å². The van der Waals surface area contributed by atoms with Gasteiger partial charge in [0.25, 0.3) is 5.69 Å². The summed E-state index contributed by atoms with van der Waals surface area (Å²) in [6.07, 6.45) is 1.47. The molecular formula is C13H11N3O4. The quantitative estimate of drug-likeness (QED) is 0.678. The van der Waals surface area contributed by atoms with Gasteiger partial charge in [0, 0.05) is 31.1 Å². The number of benzene rings is 1. The minimum Gasteiger partial charge on any atom is -0.478 e. The van der Waals surface area contributed by atoms with Gasteiger partial charge in [-0.1, -0.05) is 6.07 Å². The summed E-state index contributed by atoms with van der Waals surface area (Å²) in [6.45, 7) is 0. The van der Waals surface area contributed by atoms with Crippen molar-refractivity contribution in [3.63, 3.8) is 0 Å². The number of pyridine rings is 1. The summed E-state index contributed by atoms with van der Waals surface area (Å²) in [5, 5.41) is 19.9. The molecule has 1 aromatic heterocycles. The highest BCUT2D eigenvalue weighted by Gasteiger charge is 2.17. The number of hydrogen-bond donors (Lipinski definition) is 1. The van der Waals surface area contributed by atoms with E-state index in [1.54, 1.807) is 13.1 Å². The van der Waals surface area contributed by atoms with Crippen LogP contribution in [-0.2, 0) is 0 Å². The van der Waals surface area contributed by atoms with Crippen molar-refractivity contribution in [1.29, 1.82) is 0 Å². The number of carboxylic acid groups (broad SMARTS) is 1. The Balaban J connectivity index is 2.46. The molecule has 0 atom stereocenters. The van der Waals surface area contributed by atoms with E-state index in [1.165, 1.54) is 41.4 Å². The molecule has 0 fully saturated rings. The molecule has 0 saturated carbocycles. The number of anilines is 2. The van der Waals surface area contributed by atoms with E-state index in [-0.39, 0.29) is 17.1 Å². The molecule has 20 heavy (non-hydrogen) atoms. The molecule has 2 aromatic rings. The summed E-state index contributed by atoms with van der Waals surface area (Å²) in [6, 6.07) is 8.86. The van der Waals surface area contributed by atoms with Crippen LogP contribution in [0.1, 0.15) is 10.4 Å². The first-order valence-electron chi connectivity index (χ1n) is 5.67. The second kappa shape index (κ2) is 5.35. The van der Waals surface area contributed by atoms with Crippen molar-refractivity contribution in [2.75, 3.05) is 11.9 Å². The van der Waals surface area contributed by atoms with Crippen molar-refractivity contribution >= 4 is 23.2 Å². The predicted octanol–water partition coefficient (Wildman–Crippen LogP) is 2.46. The molecule has 0 unspecified atom stereocenters. The van der Waals surface area contributed by atoms with Crippen molar-refractivity contribution in [3.05, 3.63) is 58.3 Å². The van der Waals surface area contributed by atoms with Gasteiger partial charge < -0.3 is 10.0 Å². The lowest BCUT2D eigenvalue weighted by Gasteiger charge is -2.19. The van der Waals surface area contributed by atoms with Crippen LogP contribution in [0.25, 0.3) is 0 Å². The zero-order chi connectivity index (χ0) is 14.7. The number of rotatable bonds is 4. The average Bonchev–Trinajstić information content (AvgIpc) is 2.46. The molecular weight excluding hydrogens is 262 g/mol. The molecule has 102 valence electrons. The van der Waals surface area contributed by atoms with Crippen molar-refractivity contribution in [2.24, 2.45) is 0 Å². The molecule has 0 aliphatic carbocycles. The lowest BCUT2D eigenvalue weighted by molar-refractivity contribution is -0.384. The van der Waals surface area contributed by atoms with Crippen molar-refractivity contribution in [2.45, 2.75) is 0 Å². The molecule has 1 N–H and O–H groups in total. The summed E-state index contributed by atoms with van der Waals surface area (Å²) in [7, 11) is 1.60. The highest BCUT2D eigenvalue weighted by atomic mass is 16.6. The summed E-state index contributed by atoms with van der Waals surface area (Å²) >= 11 is 0. The Morgan fingerprint density at radius 3 is 2.75 bits per heavy atom. The van der Waals surface area contributed by atoms with Crippen LogP contribution in [0.3, 0.4) is 0 Å². The molecule has 0 amide bonds. The minimum absolute atomic E-state index is 0.0292. The van der Waals surface area contributed by atoms with E-state index in [0.717, 1.165) is 0 Å². The van der Waals surface area contributed by atoms with Crippen LogP contribution >= 0.6 is 0 Å². The first-order valence-corrected chi connectivity index (χ1v) is 5.67. The zero-order valence-corrected chi connectivity index (χ0v) is 10.6. The number of aromatic carboxylic acids is 1. The zero-order valence-electron chi connectivity index (χ0n) is 10.6. The summed E-state index contributed by atoms with van der Waals surface area (Å²) in [5.41, 5.74) is 0.448. The van der Waals surface area contributed by atoms with Crippen molar-refractivity contribution < 1.29 is 14.8 Å². The van der Waals surface area contributed by atoms with Gasteiger partial charge >= 0.3 is 5.97 Å². The fourth-order valence-corrected chi connectivity index (χ4v) is 1.77. The Bertz CT molecular complexity index is 672. The number of nitro benzene ring substituents is 1. The van der Waals surface area contributed by atoms with Gasteiger partial charge in [0.1, 0.15) is 11.4 Å². The number of non-ortho nitro benzene ring substituents is 1. The fraction of sp³-hybridized carbons (Fsp3) is 0.0769. The summed E-state index contributed by atoms with van der Waals surface area (Å²) in [5.74, 6) is -0.883. The molecule has 0 radical (unpaired) electrons. The van der Waals surface area contributed by atoms with Gasteiger partial charge in [0.05, 0.1) is 4.92 Å². The summed E-state index contributed by atoms with van der Waals surface area (Å²) < 4.78 is 0. The highest BCUT2D eigenvalue weighted by Crippen LogP contribution is 2.27. The van der Waals surface area contributed by atoms with Gasteiger partial charge in [-0.05, 0) is 18.2 Å². The molecule has 7 nitrogen and oxygen atoms in total. The smallest absolute Gasteiger partial charge is 0.339 e. The third-order valence-electron chi connectivity index (χ3n) is 2.76. The normalized spacial score (nSPS) is 10.1. The molecule has 1 heterocycles. The molecule has 1 aromatic carbocycles. The van der Waals surface area contributed by atoms with E-state index in [4.69, 9.17) is 5.11 Å². The predicted molar refractivity (Wildman–Crippen MR) is 72.4 cm³/mol. The third kappa shape index (κ3) is 2.56. The van der Waals surface area contributed by atoms with E-state index < -0.39 is 10.9 Å². The number of nitrogens with zero attached hydrogens (tertiary/aromatic N) is 3. The molecule has 7 heteroatoms. The maximum absolute atomic E-state index is 11.2. The van der Waals surface area contributed by atoms with Crippen LogP contribution in [-0.4, -0.2) is 28.0 Å². The highest BCUT2D eigenvalue weighted by molar-refractivity contribution is 5.94. The second-order valence-corrected chi connectivity index (χ2v) is 4.02. The van der Waals surface area contributed by atoms with Gasteiger partial charge in [-0.15, -0.1) is 0 Å². The van der Waals surface area contributed by atoms with Crippen molar-refractivity contribution in [3.8, 4) is 0 Å². The van der Waals surface area contributed by atoms with Crippen molar-refractivity contribution in [1.82, 2.24) is 4.98 Å². The number of hydrogen-bond acceptors (Lipinski definition) is 5. The van der Waals surface area contributed by atoms with Gasteiger partial charge in [-0.25, -0.2) is 9.78 Å². The van der Waals surface area contributed by atoms with Crippen LogP contribution in [0.4, 0.5) is 17.2 Å². The molecule has 2 rings (SSSR count). The largest absolute Gasteiger partial charge is 0.478 e. The van der Waals surface area contributed by atoms with E-state index in [1.807, 2.05) is 0 Å². The summed E-state index contributed by atoms with van der Waals surface area (Å²) in [4.78, 5) is 26.9. The average molecular weight is 273 g/mol. The lowest BCUT2D eigenvalue weighted by atomic mass is 10.2. The number of aromatic nitrogens is 1. The SMILES string of the molecule is CN(c1cccc([N+](=O)[O-])c1)c1ncccc1C(=O)O. The first-order chi connectivity index (χ1) is 9.50. The molecule has 0 aliphatic heterocycles. The standard InChI is InChI=1S/C13H11N3O4/c1-15(9-4-2-5-10(8-9)16(19)20)12-11(13(17)18)6-3-7-14-12/h2-8H,1H3,(H,17,18). The van der Waals surface area contributed by atoms with E-state index in [0.29, 0.717) is 5.69 Å².